The van der Waals surface area contributed by atoms with E-state index in [1.807, 2.05) is 20.8 Å². The summed E-state index contributed by atoms with van der Waals surface area (Å²) in [6, 6.07) is 1.77. The van der Waals surface area contributed by atoms with Gasteiger partial charge in [-0.1, -0.05) is 0 Å². The number of hydrogen-bond acceptors (Lipinski definition) is 5. The number of hydrogen-bond donors (Lipinski definition) is 1. The second kappa shape index (κ2) is 5.31. The second-order valence-corrected chi connectivity index (χ2v) is 4.55. The molecule has 2 aromatic heterocycles. The summed E-state index contributed by atoms with van der Waals surface area (Å²) >= 11 is 0. The summed E-state index contributed by atoms with van der Waals surface area (Å²) in [4.78, 5) is 22.0. The van der Waals surface area contributed by atoms with E-state index in [0.29, 0.717) is 5.78 Å². The number of rotatable bonds is 4. The lowest BCUT2D eigenvalue weighted by Crippen LogP contribution is -2.39. The monoisotopic (exact) mass is 263 g/mol. The van der Waals surface area contributed by atoms with Gasteiger partial charge in [0.2, 0.25) is 5.82 Å². The van der Waals surface area contributed by atoms with E-state index in [9.17, 15) is 4.79 Å². The topological polar surface area (TPSA) is 83.6 Å². The van der Waals surface area contributed by atoms with E-state index < -0.39 is 0 Å². The van der Waals surface area contributed by atoms with Crippen LogP contribution in [0, 0.1) is 6.92 Å². The Kier molecular flexibility index (Phi) is 3.75. The zero-order valence-electron chi connectivity index (χ0n) is 11.2. The summed E-state index contributed by atoms with van der Waals surface area (Å²) in [5.41, 5.74) is 0.856. The van der Waals surface area contributed by atoms with Crippen molar-refractivity contribution in [3.05, 3.63) is 23.8 Å². The molecule has 0 aliphatic heterocycles. The summed E-state index contributed by atoms with van der Waals surface area (Å²) < 4.78 is 1.53. The van der Waals surface area contributed by atoms with Gasteiger partial charge >= 0.3 is 0 Å². The maximum atomic E-state index is 12.3. The van der Waals surface area contributed by atoms with Gasteiger partial charge in [0.15, 0.2) is 0 Å². The average molecular weight is 263 g/mol. The van der Waals surface area contributed by atoms with E-state index in [1.165, 1.54) is 9.42 Å². The molecule has 0 unspecified atom stereocenters. The van der Waals surface area contributed by atoms with Crippen LogP contribution in [0.25, 0.3) is 5.78 Å². The van der Waals surface area contributed by atoms with E-state index >= 15 is 0 Å². The fraction of sp³-hybridized carbons (Fsp3) is 0.500. The van der Waals surface area contributed by atoms with Gasteiger partial charge in [-0.2, -0.15) is 4.98 Å². The highest BCUT2D eigenvalue weighted by atomic mass is 16.3. The third-order valence-corrected chi connectivity index (χ3v) is 2.85. The first-order valence-corrected chi connectivity index (χ1v) is 6.14. The molecule has 0 saturated carbocycles. The van der Waals surface area contributed by atoms with Crippen LogP contribution < -0.4 is 0 Å². The van der Waals surface area contributed by atoms with Crippen molar-refractivity contribution in [1.29, 1.82) is 0 Å². The van der Waals surface area contributed by atoms with Gasteiger partial charge in [0, 0.05) is 24.5 Å². The molecule has 0 fully saturated rings. The van der Waals surface area contributed by atoms with Crippen LogP contribution >= 0.6 is 0 Å². The lowest BCUT2D eigenvalue weighted by molar-refractivity contribution is 0.0653. The highest BCUT2D eigenvalue weighted by molar-refractivity contribution is 5.91. The molecule has 7 heteroatoms. The summed E-state index contributed by atoms with van der Waals surface area (Å²) in [6.07, 6.45) is 1.63. The highest BCUT2D eigenvalue weighted by Crippen LogP contribution is 2.07. The van der Waals surface area contributed by atoms with Crippen LogP contribution in [-0.4, -0.2) is 54.7 Å². The fourth-order valence-corrected chi connectivity index (χ4v) is 1.83. The first-order chi connectivity index (χ1) is 9.04. The molecule has 19 heavy (non-hydrogen) atoms. The van der Waals surface area contributed by atoms with Gasteiger partial charge in [-0.05, 0) is 26.8 Å². The Morgan fingerprint density at radius 2 is 2.26 bits per heavy atom. The van der Waals surface area contributed by atoms with E-state index in [2.05, 4.69) is 15.1 Å². The molecule has 0 bridgehead atoms. The molecular formula is C12H17N5O2. The van der Waals surface area contributed by atoms with Crippen molar-refractivity contribution in [3.8, 4) is 0 Å². The molecule has 0 aromatic carbocycles. The molecule has 2 rings (SSSR count). The fourth-order valence-electron chi connectivity index (χ4n) is 1.83. The lowest BCUT2D eigenvalue weighted by Gasteiger charge is -2.24. The third kappa shape index (κ3) is 2.55. The number of aliphatic hydroxyl groups excluding tert-OH is 1. The molecule has 0 atom stereocenters. The minimum absolute atomic E-state index is 0.0275. The molecule has 0 spiro atoms. The predicted octanol–water partition coefficient (Wildman–Crippen LogP) is 0.276. The molecule has 0 aliphatic carbocycles. The SMILES string of the molecule is Cc1ccnc2nc(C(=O)N(CCO)C(C)C)nn12. The summed E-state index contributed by atoms with van der Waals surface area (Å²) in [5.74, 6) is 0.203. The van der Waals surface area contributed by atoms with Gasteiger partial charge in [0.1, 0.15) is 0 Å². The zero-order chi connectivity index (χ0) is 14.0. The van der Waals surface area contributed by atoms with Crippen molar-refractivity contribution >= 4 is 11.7 Å². The summed E-state index contributed by atoms with van der Waals surface area (Å²) in [5, 5.41) is 13.2. The summed E-state index contributed by atoms with van der Waals surface area (Å²) in [7, 11) is 0. The Morgan fingerprint density at radius 3 is 2.84 bits per heavy atom. The Labute approximate surface area is 110 Å². The molecule has 0 radical (unpaired) electrons. The number of carbonyl (C=O) groups is 1. The molecule has 2 heterocycles. The average Bonchev–Trinajstić information content (AvgIpc) is 2.80. The van der Waals surface area contributed by atoms with Crippen LogP contribution in [0.4, 0.5) is 0 Å². The van der Waals surface area contributed by atoms with Crippen LogP contribution in [0.3, 0.4) is 0 Å². The molecule has 102 valence electrons. The van der Waals surface area contributed by atoms with Crippen LogP contribution in [0.2, 0.25) is 0 Å². The number of carbonyl (C=O) groups excluding carboxylic acids is 1. The van der Waals surface area contributed by atoms with Gasteiger partial charge in [-0.3, -0.25) is 4.79 Å². The lowest BCUT2D eigenvalue weighted by atomic mass is 10.3. The second-order valence-electron chi connectivity index (χ2n) is 4.55. The largest absolute Gasteiger partial charge is 0.395 e. The van der Waals surface area contributed by atoms with Crippen molar-refractivity contribution < 1.29 is 9.90 Å². The zero-order valence-corrected chi connectivity index (χ0v) is 11.2. The number of aliphatic hydroxyl groups is 1. The molecule has 1 amide bonds. The molecule has 0 saturated heterocycles. The molecule has 1 N–H and O–H groups in total. The van der Waals surface area contributed by atoms with Gasteiger partial charge in [0.05, 0.1) is 6.61 Å². The molecule has 0 aliphatic rings. The smallest absolute Gasteiger partial charge is 0.293 e. The predicted molar refractivity (Wildman–Crippen MR) is 68.8 cm³/mol. The van der Waals surface area contributed by atoms with Crippen molar-refractivity contribution in [1.82, 2.24) is 24.5 Å². The Bertz CT molecular complexity index is 593. The Balaban J connectivity index is 2.38. The van der Waals surface area contributed by atoms with Gasteiger partial charge in [-0.15, -0.1) is 5.10 Å². The van der Waals surface area contributed by atoms with Gasteiger partial charge in [0.25, 0.3) is 11.7 Å². The first-order valence-electron chi connectivity index (χ1n) is 6.14. The Hall–Kier alpha value is -2.02. The third-order valence-electron chi connectivity index (χ3n) is 2.85. The van der Waals surface area contributed by atoms with Crippen LogP contribution in [0.15, 0.2) is 12.3 Å². The van der Waals surface area contributed by atoms with Gasteiger partial charge < -0.3 is 10.0 Å². The van der Waals surface area contributed by atoms with E-state index in [4.69, 9.17) is 5.11 Å². The van der Waals surface area contributed by atoms with Crippen molar-refractivity contribution in [3.63, 3.8) is 0 Å². The molecule has 7 nitrogen and oxygen atoms in total. The normalized spacial score (nSPS) is 11.2. The minimum atomic E-state index is -0.297. The number of fused-ring (bicyclic) bond motifs is 1. The van der Waals surface area contributed by atoms with E-state index in [-0.39, 0.29) is 30.9 Å². The minimum Gasteiger partial charge on any atom is -0.395 e. The number of amides is 1. The van der Waals surface area contributed by atoms with Crippen LogP contribution in [0.5, 0.6) is 0 Å². The van der Waals surface area contributed by atoms with Crippen molar-refractivity contribution in [2.45, 2.75) is 26.8 Å². The molecule has 2 aromatic rings. The van der Waals surface area contributed by atoms with Gasteiger partial charge in [-0.25, -0.2) is 9.50 Å². The number of aryl methyl sites for hydroxylation is 1. The Morgan fingerprint density at radius 1 is 1.53 bits per heavy atom. The standard InChI is InChI=1S/C12H17N5O2/c1-8(2)16(6-7-18)11(19)10-14-12-13-5-4-9(3)17(12)15-10/h4-5,8,18H,6-7H2,1-3H3. The van der Waals surface area contributed by atoms with Crippen molar-refractivity contribution in [2.75, 3.05) is 13.2 Å². The highest BCUT2D eigenvalue weighted by Gasteiger charge is 2.22. The van der Waals surface area contributed by atoms with E-state index in [1.54, 1.807) is 12.3 Å². The van der Waals surface area contributed by atoms with Crippen LogP contribution in [-0.2, 0) is 0 Å². The molecular weight excluding hydrogens is 246 g/mol. The maximum absolute atomic E-state index is 12.3. The number of nitrogens with zero attached hydrogens (tertiary/aromatic N) is 5. The quantitative estimate of drug-likeness (QED) is 0.856. The summed E-state index contributed by atoms with van der Waals surface area (Å²) in [6.45, 7) is 5.80. The van der Waals surface area contributed by atoms with Crippen LogP contribution in [0.1, 0.15) is 30.2 Å². The van der Waals surface area contributed by atoms with Crippen molar-refractivity contribution in [2.24, 2.45) is 0 Å². The number of aromatic nitrogens is 4. The first kappa shape index (κ1) is 13.4. The maximum Gasteiger partial charge on any atom is 0.293 e. The van der Waals surface area contributed by atoms with E-state index in [0.717, 1.165) is 5.69 Å².